The maximum atomic E-state index is 9.46. The molecule has 1 N–H and O–H groups in total. The monoisotopic (exact) mass is 222 g/mol. The van der Waals surface area contributed by atoms with E-state index in [1.165, 1.54) is 31.4 Å². The second kappa shape index (κ2) is 5.00. The van der Waals surface area contributed by atoms with Gasteiger partial charge >= 0.3 is 0 Å². The van der Waals surface area contributed by atoms with E-state index >= 15 is 0 Å². The Balaban J connectivity index is 2.39. The van der Waals surface area contributed by atoms with E-state index in [0.29, 0.717) is 6.04 Å². The third-order valence-corrected chi connectivity index (χ3v) is 3.70. The van der Waals surface area contributed by atoms with Gasteiger partial charge in [0.1, 0.15) is 0 Å². The van der Waals surface area contributed by atoms with Gasteiger partial charge in [0.05, 0.1) is 18.3 Å². The molecule has 1 aromatic rings. The van der Waals surface area contributed by atoms with Gasteiger partial charge in [0.25, 0.3) is 0 Å². The molecular formula is C13H22N2O. The summed E-state index contributed by atoms with van der Waals surface area (Å²) in [4.78, 5) is 0. The third-order valence-electron chi connectivity index (χ3n) is 3.70. The van der Waals surface area contributed by atoms with E-state index in [1.807, 2.05) is 0 Å². The predicted molar refractivity (Wildman–Crippen MR) is 64.4 cm³/mol. The van der Waals surface area contributed by atoms with Gasteiger partial charge in [-0.3, -0.25) is 4.68 Å². The van der Waals surface area contributed by atoms with E-state index in [0.717, 1.165) is 24.1 Å². The molecule has 0 saturated heterocycles. The summed E-state index contributed by atoms with van der Waals surface area (Å²) < 4.78 is 2.21. The summed E-state index contributed by atoms with van der Waals surface area (Å²) in [6, 6.07) is 0.584. The molecule has 3 heteroatoms. The van der Waals surface area contributed by atoms with Crippen LogP contribution in [0.2, 0.25) is 0 Å². The third kappa shape index (κ3) is 1.88. The Morgan fingerprint density at radius 2 is 1.94 bits per heavy atom. The average Bonchev–Trinajstić information content (AvgIpc) is 2.94. The zero-order valence-electron chi connectivity index (χ0n) is 10.4. The quantitative estimate of drug-likeness (QED) is 0.850. The van der Waals surface area contributed by atoms with E-state index in [4.69, 9.17) is 5.10 Å². The van der Waals surface area contributed by atoms with Crippen molar-refractivity contribution in [3.8, 4) is 0 Å². The van der Waals surface area contributed by atoms with Crippen molar-refractivity contribution in [2.45, 2.75) is 65.0 Å². The van der Waals surface area contributed by atoms with Crippen LogP contribution in [0.15, 0.2) is 0 Å². The summed E-state index contributed by atoms with van der Waals surface area (Å²) in [5.74, 6) is 0. The van der Waals surface area contributed by atoms with Crippen molar-refractivity contribution in [3.63, 3.8) is 0 Å². The smallest absolute Gasteiger partial charge is 0.0718 e. The van der Waals surface area contributed by atoms with Gasteiger partial charge in [-0.25, -0.2) is 0 Å². The van der Waals surface area contributed by atoms with Crippen molar-refractivity contribution in [3.05, 3.63) is 17.0 Å². The molecule has 0 atom stereocenters. The summed E-state index contributed by atoms with van der Waals surface area (Å²) in [7, 11) is 0. The van der Waals surface area contributed by atoms with Gasteiger partial charge < -0.3 is 5.11 Å². The highest BCUT2D eigenvalue weighted by Crippen LogP contribution is 2.32. The molecule has 0 aromatic carbocycles. The molecule has 0 unspecified atom stereocenters. The van der Waals surface area contributed by atoms with E-state index in [2.05, 4.69) is 18.5 Å². The first-order chi connectivity index (χ1) is 7.81. The highest BCUT2D eigenvalue weighted by Gasteiger charge is 2.23. The van der Waals surface area contributed by atoms with Crippen LogP contribution in [0.1, 0.15) is 62.5 Å². The molecule has 3 nitrogen and oxygen atoms in total. The van der Waals surface area contributed by atoms with Crippen molar-refractivity contribution in [1.82, 2.24) is 9.78 Å². The number of aromatic nitrogens is 2. The van der Waals surface area contributed by atoms with Crippen LogP contribution in [0.3, 0.4) is 0 Å². The summed E-state index contributed by atoms with van der Waals surface area (Å²) >= 11 is 0. The van der Waals surface area contributed by atoms with Crippen LogP contribution in [0, 0.1) is 0 Å². The number of nitrogens with zero attached hydrogens (tertiary/aromatic N) is 2. The van der Waals surface area contributed by atoms with Crippen molar-refractivity contribution in [2.24, 2.45) is 0 Å². The molecule has 1 fully saturated rings. The first kappa shape index (κ1) is 11.6. The van der Waals surface area contributed by atoms with E-state index in [1.54, 1.807) is 0 Å². The molecular weight excluding hydrogens is 200 g/mol. The van der Waals surface area contributed by atoms with Gasteiger partial charge in [-0.05, 0) is 25.7 Å². The SMILES string of the molecule is CCc1nn(C2CCCC2)c(CC)c1CO. The minimum absolute atomic E-state index is 0.138. The molecule has 0 aliphatic heterocycles. The number of aryl methyl sites for hydroxylation is 1. The fourth-order valence-electron chi connectivity index (χ4n) is 2.85. The van der Waals surface area contributed by atoms with Crippen LogP contribution in [0.5, 0.6) is 0 Å². The van der Waals surface area contributed by atoms with Crippen LogP contribution in [-0.4, -0.2) is 14.9 Å². The van der Waals surface area contributed by atoms with Crippen molar-refractivity contribution < 1.29 is 5.11 Å². The normalized spacial score (nSPS) is 17.2. The summed E-state index contributed by atoms with van der Waals surface area (Å²) in [6.45, 7) is 4.40. The first-order valence-electron chi connectivity index (χ1n) is 6.51. The Hall–Kier alpha value is -0.830. The standard InChI is InChI=1S/C13H22N2O/c1-3-12-11(9-16)13(4-2)15(14-12)10-7-5-6-8-10/h10,16H,3-9H2,1-2H3. The molecule has 1 aliphatic rings. The molecule has 90 valence electrons. The molecule has 1 saturated carbocycles. The Labute approximate surface area is 97.5 Å². The lowest BCUT2D eigenvalue weighted by Crippen LogP contribution is -2.10. The Morgan fingerprint density at radius 3 is 2.44 bits per heavy atom. The predicted octanol–water partition coefficient (Wildman–Crippen LogP) is 2.62. The first-order valence-corrected chi connectivity index (χ1v) is 6.51. The van der Waals surface area contributed by atoms with Gasteiger partial charge in [0, 0.05) is 11.3 Å². The number of aliphatic hydroxyl groups is 1. The zero-order valence-corrected chi connectivity index (χ0v) is 10.4. The van der Waals surface area contributed by atoms with Crippen LogP contribution >= 0.6 is 0 Å². The van der Waals surface area contributed by atoms with Gasteiger partial charge in [-0.1, -0.05) is 26.7 Å². The van der Waals surface area contributed by atoms with Crippen molar-refractivity contribution in [2.75, 3.05) is 0 Å². The fraction of sp³-hybridized carbons (Fsp3) is 0.769. The van der Waals surface area contributed by atoms with Gasteiger partial charge in [-0.15, -0.1) is 0 Å². The molecule has 0 amide bonds. The van der Waals surface area contributed by atoms with Gasteiger partial charge in [-0.2, -0.15) is 5.10 Å². The van der Waals surface area contributed by atoms with Crippen LogP contribution in [0.4, 0.5) is 0 Å². The second-order valence-electron chi connectivity index (χ2n) is 4.62. The van der Waals surface area contributed by atoms with Crippen LogP contribution in [-0.2, 0) is 19.4 Å². The summed E-state index contributed by atoms with van der Waals surface area (Å²) in [5.41, 5.74) is 3.43. The summed E-state index contributed by atoms with van der Waals surface area (Å²) in [6.07, 6.45) is 7.04. The highest BCUT2D eigenvalue weighted by molar-refractivity contribution is 5.26. The number of rotatable bonds is 4. The number of hydrogen-bond acceptors (Lipinski definition) is 2. The van der Waals surface area contributed by atoms with Crippen LogP contribution in [0.25, 0.3) is 0 Å². The lowest BCUT2D eigenvalue weighted by Gasteiger charge is -2.13. The Kier molecular flexibility index (Phi) is 3.64. The molecule has 1 aromatic heterocycles. The molecule has 0 spiro atoms. The molecule has 16 heavy (non-hydrogen) atoms. The average molecular weight is 222 g/mol. The maximum absolute atomic E-state index is 9.46. The minimum Gasteiger partial charge on any atom is -0.392 e. The number of hydrogen-bond donors (Lipinski definition) is 1. The van der Waals surface area contributed by atoms with Gasteiger partial charge in [0.15, 0.2) is 0 Å². The number of aliphatic hydroxyl groups excluding tert-OH is 1. The second-order valence-corrected chi connectivity index (χ2v) is 4.62. The lowest BCUT2D eigenvalue weighted by atomic mass is 10.1. The molecule has 1 heterocycles. The molecule has 1 aliphatic carbocycles. The summed E-state index contributed by atoms with van der Waals surface area (Å²) in [5, 5.41) is 14.2. The fourth-order valence-corrected chi connectivity index (χ4v) is 2.85. The van der Waals surface area contributed by atoms with Crippen molar-refractivity contribution >= 4 is 0 Å². The van der Waals surface area contributed by atoms with Gasteiger partial charge in [0.2, 0.25) is 0 Å². The highest BCUT2D eigenvalue weighted by atomic mass is 16.3. The lowest BCUT2D eigenvalue weighted by molar-refractivity contribution is 0.279. The Bertz CT molecular complexity index is 351. The largest absolute Gasteiger partial charge is 0.392 e. The Morgan fingerprint density at radius 1 is 1.25 bits per heavy atom. The van der Waals surface area contributed by atoms with E-state index in [-0.39, 0.29) is 6.61 Å². The maximum Gasteiger partial charge on any atom is 0.0718 e. The van der Waals surface area contributed by atoms with Crippen LogP contribution < -0.4 is 0 Å². The molecule has 0 bridgehead atoms. The minimum atomic E-state index is 0.138. The van der Waals surface area contributed by atoms with E-state index < -0.39 is 0 Å². The zero-order chi connectivity index (χ0) is 11.5. The molecule has 0 radical (unpaired) electrons. The van der Waals surface area contributed by atoms with Crippen molar-refractivity contribution in [1.29, 1.82) is 0 Å². The molecule has 2 rings (SSSR count). The van der Waals surface area contributed by atoms with E-state index in [9.17, 15) is 5.11 Å². The topological polar surface area (TPSA) is 38.0 Å².